The standard InChI is InChI=1S/C31H33N3O2.BrH/c1-24-33(21-22-36-29-15-9-4-10-16-29)19-20-34(24)28-18-17-27(23-28)31(30(32)35,25-11-5-2-6-12-25)26-13-7-3-8-14-26;/h2-16,19-20,27-28H,17-18,21-23H2,1H3,(H-,32,35);1H/t27-,28+;/m1./s1. The van der Waals surface area contributed by atoms with Crippen LogP contribution in [0.3, 0.4) is 0 Å². The number of hydrogen-bond donors (Lipinski definition) is 1. The third-order valence-corrected chi connectivity index (χ3v) is 7.80. The van der Waals surface area contributed by atoms with Crippen LogP contribution < -0.4 is 32.0 Å². The normalized spacial score (nSPS) is 17.2. The van der Waals surface area contributed by atoms with E-state index < -0.39 is 5.41 Å². The van der Waals surface area contributed by atoms with Crippen molar-refractivity contribution in [3.05, 3.63) is 120 Å². The largest absolute Gasteiger partial charge is 1.00 e. The monoisotopic (exact) mass is 559 g/mol. The predicted molar refractivity (Wildman–Crippen MR) is 141 cm³/mol. The molecule has 1 aliphatic rings. The summed E-state index contributed by atoms with van der Waals surface area (Å²) in [5.41, 5.74) is 7.38. The summed E-state index contributed by atoms with van der Waals surface area (Å²) >= 11 is 0. The van der Waals surface area contributed by atoms with Crippen LogP contribution in [-0.4, -0.2) is 17.1 Å². The Morgan fingerprint density at radius 3 is 2.08 bits per heavy atom. The van der Waals surface area contributed by atoms with Crippen molar-refractivity contribution >= 4 is 5.91 Å². The number of imidazole rings is 1. The van der Waals surface area contributed by atoms with E-state index in [1.165, 1.54) is 5.82 Å². The van der Waals surface area contributed by atoms with E-state index in [1.54, 1.807) is 0 Å². The van der Waals surface area contributed by atoms with E-state index in [1.807, 2.05) is 91.0 Å². The molecule has 1 saturated carbocycles. The van der Waals surface area contributed by atoms with Crippen molar-refractivity contribution in [3.8, 4) is 5.75 Å². The summed E-state index contributed by atoms with van der Waals surface area (Å²) in [5, 5.41) is 0. The lowest BCUT2D eigenvalue weighted by Crippen LogP contribution is -3.00. The van der Waals surface area contributed by atoms with Crippen LogP contribution in [0.1, 0.15) is 42.3 Å². The van der Waals surface area contributed by atoms with Gasteiger partial charge in [0.05, 0.1) is 0 Å². The van der Waals surface area contributed by atoms with E-state index in [9.17, 15) is 4.79 Å². The molecule has 2 atom stereocenters. The highest BCUT2D eigenvalue weighted by Gasteiger charge is 2.51. The number of ether oxygens (including phenoxy) is 1. The minimum atomic E-state index is -0.849. The number of carbonyl (C=O) groups is 1. The van der Waals surface area contributed by atoms with Crippen molar-refractivity contribution in [2.75, 3.05) is 6.61 Å². The first-order valence-corrected chi connectivity index (χ1v) is 12.8. The van der Waals surface area contributed by atoms with E-state index in [2.05, 4.69) is 28.5 Å². The molecule has 6 heteroatoms. The topological polar surface area (TPSA) is 61.1 Å². The maximum atomic E-state index is 13.4. The molecule has 0 unspecified atom stereocenters. The van der Waals surface area contributed by atoms with Crippen LogP contribution in [0.4, 0.5) is 0 Å². The van der Waals surface area contributed by atoms with Gasteiger partial charge >= 0.3 is 0 Å². The van der Waals surface area contributed by atoms with Gasteiger partial charge in [-0.15, -0.1) is 0 Å². The molecular weight excluding hydrogens is 526 g/mol. The second-order valence-electron chi connectivity index (χ2n) is 9.68. The Kier molecular flexibility index (Phi) is 8.49. The Morgan fingerprint density at radius 1 is 0.946 bits per heavy atom. The first-order valence-electron chi connectivity index (χ1n) is 12.8. The summed E-state index contributed by atoms with van der Waals surface area (Å²) in [6, 6.07) is 30.4. The van der Waals surface area contributed by atoms with Gasteiger partial charge in [-0.25, -0.2) is 9.13 Å². The Morgan fingerprint density at radius 2 is 1.51 bits per heavy atom. The number of para-hydroxylation sites is 1. The van der Waals surface area contributed by atoms with Crippen molar-refractivity contribution in [1.29, 1.82) is 0 Å². The number of nitrogens with two attached hydrogens (primary N) is 1. The zero-order valence-corrected chi connectivity index (χ0v) is 22.8. The number of carbonyl (C=O) groups excluding carboxylic acids is 1. The van der Waals surface area contributed by atoms with E-state index in [0.717, 1.165) is 42.7 Å². The second kappa shape index (κ2) is 11.8. The maximum Gasteiger partial charge on any atom is 0.253 e. The van der Waals surface area contributed by atoms with E-state index in [0.29, 0.717) is 12.6 Å². The molecule has 2 N–H and O–H groups in total. The van der Waals surface area contributed by atoms with Crippen LogP contribution in [0.25, 0.3) is 0 Å². The summed E-state index contributed by atoms with van der Waals surface area (Å²) in [7, 11) is 0. The fraction of sp³-hybridized carbons (Fsp3) is 0.290. The van der Waals surface area contributed by atoms with Crippen LogP contribution in [0.15, 0.2) is 103 Å². The number of benzene rings is 3. The predicted octanol–water partition coefficient (Wildman–Crippen LogP) is 1.98. The van der Waals surface area contributed by atoms with Gasteiger partial charge in [0, 0.05) is 6.92 Å². The van der Waals surface area contributed by atoms with Gasteiger partial charge in [0.15, 0.2) is 0 Å². The summed E-state index contributed by atoms with van der Waals surface area (Å²) < 4.78 is 10.5. The van der Waals surface area contributed by atoms with Crippen LogP contribution in [0.2, 0.25) is 0 Å². The molecule has 0 aliphatic heterocycles. The summed E-state index contributed by atoms with van der Waals surface area (Å²) in [6.07, 6.45) is 7.14. The zero-order valence-electron chi connectivity index (χ0n) is 21.2. The highest BCUT2D eigenvalue weighted by Crippen LogP contribution is 2.49. The summed E-state index contributed by atoms with van der Waals surface area (Å²) in [6.45, 7) is 3.55. The van der Waals surface area contributed by atoms with Crippen LogP contribution >= 0.6 is 0 Å². The van der Waals surface area contributed by atoms with Crippen molar-refractivity contribution < 1.29 is 31.1 Å². The molecule has 5 nitrogen and oxygen atoms in total. The van der Waals surface area contributed by atoms with Crippen LogP contribution in [-0.2, 0) is 16.8 Å². The molecule has 1 fully saturated rings. The summed E-state index contributed by atoms with van der Waals surface area (Å²) in [5.74, 6) is 1.92. The molecule has 1 heterocycles. The molecule has 0 radical (unpaired) electrons. The van der Waals surface area contributed by atoms with Crippen molar-refractivity contribution in [3.63, 3.8) is 0 Å². The Hall–Kier alpha value is -3.38. The molecule has 1 aromatic heterocycles. The lowest BCUT2D eigenvalue weighted by atomic mass is 9.64. The fourth-order valence-electron chi connectivity index (χ4n) is 6.05. The Bertz CT molecular complexity index is 1250. The lowest BCUT2D eigenvalue weighted by molar-refractivity contribution is -0.703. The number of amides is 1. The average Bonchev–Trinajstić information content (AvgIpc) is 3.53. The Balaban J connectivity index is 0.00000320. The van der Waals surface area contributed by atoms with Crippen molar-refractivity contribution in [2.45, 2.75) is 44.2 Å². The van der Waals surface area contributed by atoms with Crippen LogP contribution in [0.5, 0.6) is 5.75 Å². The molecular formula is C31H34BrN3O2. The number of aromatic nitrogens is 2. The third kappa shape index (κ3) is 5.21. The second-order valence-corrected chi connectivity index (χ2v) is 9.68. The highest BCUT2D eigenvalue weighted by atomic mass is 79.9. The lowest BCUT2D eigenvalue weighted by Gasteiger charge is -2.37. The van der Waals surface area contributed by atoms with E-state index in [-0.39, 0.29) is 28.8 Å². The number of hydrogen-bond acceptors (Lipinski definition) is 2. The smallest absolute Gasteiger partial charge is 0.253 e. The summed E-state index contributed by atoms with van der Waals surface area (Å²) in [4.78, 5) is 13.4. The minimum absolute atomic E-state index is 0. The maximum absolute atomic E-state index is 13.4. The molecule has 192 valence electrons. The number of primary amides is 1. The van der Waals surface area contributed by atoms with Gasteiger partial charge in [-0.05, 0) is 48.4 Å². The van der Waals surface area contributed by atoms with Gasteiger partial charge < -0.3 is 27.5 Å². The van der Waals surface area contributed by atoms with Gasteiger partial charge in [0.1, 0.15) is 42.8 Å². The molecule has 4 aromatic rings. The molecule has 0 bridgehead atoms. The van der Waals surface area contributed by atoms with Gasteiger partial charge in [-0.2, -0.15) is 0 Å². The third-order valence-electron chi connectivity index (χ3n) is 7.80. The first kappa shape index (κ1) is 26.7. The molecule has 5 rings (SSSR count). The molecule has 0 saturated heterocycles. The number of halogens is 1. The van der Waals surface area contributed by atoms with Gasteiger partial charge in [-0.1, -0.05) is 78.9 Å². The molecule has 0 spiro atoms. The van der Waals surface area contributed by atoms with E-state index in [4.69, 9.17) is 10.5 Å². The fourth-order valence-corrected chi connectivity index (χ4v) is 6.05. The molecule has 37 heavy (non-hydrogen) atoms. The SMILES string of the molecule is Cc1n([C@H]2CC[C@@H](C(C(N)=O)(c3ccccc3)c3ccccc3)C2)cc[n+]1CCOc1ccccc1.[Br-]. The average molecular weight is 561 g/mol. The van der Waals surface area contributed by atoms with E-state index >= 15 is 0 Å². The zero-order chi connectivity index (χ0) is 25.0. The molecule has 3 aromatic carbocycles. The van der Waals surface area contributed by atoms with Crippen molar-refractivity contribution in [1.82, 2.24) is 4.57 Å². The first-order chi connectivity index (χ1) is 17.6. The van der Waals surface area contributed by atoms with Gasteiger partial charge in [0.25, 0.3) is 5.82 Å². The number of nitrogens with zero attached hydrogens (tertiary/aromatic N) is 2. The van der Waals surface area contributed by atoms with Crippen LogP contribution in [0, 0.1) is 12.8 Å². The van der Waals surface area contributed by atoms with Crippen molar-refractivity contribution in [2.24, 2.45) is 11.7 Å². The number of rotatable bonds is 9. The molecule has 1 aliphatic carbocycles. The quantitative estimate of drug-likeness (QED) is 0.319. The Labute approximate surface area is 229 Å². The minimum Gasteiger partial charge on any atom is -1.00 e. The van der Waals surface area contributed by atoms with Gasteiger partial charge in [0.2, 0.25) is 5.91 Å². The molecule has 1 amide bonds. The van der Waals surface area contributed by atoms with Gasteiger partial charge in [-0.3, -0.25) is 4.79 Å². The highest BCUT2D eigenvalue weighted by molar-refractivity contribution is 5.91.